The Hall–Kier alpha value is -1.17. The van der Waals surface area contributed by atoms with E-state index in [4.69, 9.17) is 14.2 Å². The maximum absolute atomic E-state index is 5.74. The van der Waals surface area contributed by atoms with Gasteiger partial charge in [0.2, 0.25) is 0 Å². The number of ether oxygens (including phenoxy) is 3. The molecule has 0 unspecified atom stereocenters. The lowest BCUT2D eigenvalue weighted by Gasteiger charge is -2.12. The van der Waals surface area contributed by atoms with Crippen molar-refractivity contribution in [3.05, 3.63) is 23.5 Å². The summed E-state index contributed by atoms with van der Waals surface area (Å²) in [7, 11) is 3.38. The van der Waals surface area contributed by atoms with Gasteiger partial charge in [-0.3, -0.25) is 4.98 Å². The molecule has 0 aliphatic carbocycles. The summed E-state index contributed by atoms with van der Waals surface area (Å²) < 4.78 is 15.7. The molecule has 0 bridgehead atoms. The molecule has 0 aromatic carbocycles. The van der Waals surface area contributed by atoms with E-state index in [2.05, 4.69) is 10.3 Å². The number of aryl methyl sites for hydroxylation is 1. The summed E-state index contributed by atoms with van der Waals surface area (Å²) in [6, 6.07) is 3.94. The molecule has 0 saturated carbocycles. The van der Waals surface area contributed by atoms with Crippen LogP contribution in [0.3, 0.4) is 0 Å². The van der Waals surface area contributed by atoms with Crippen LogP contribution in [0.4, 0.5) is 0 Å². The second kappa shape index (κ2) is 9.72. The zero-order chi connectivity index (χ0) is 13.9. The predicted molar refractivity (Wildman–Crippen MR) is 74.5 cm³/mol. The quantitative estimate of drug-likeness (QED) is 0.652. The van der Waals surface area contributed by atoms with Crippen molar-refractivity contribution in [2.75, 3.05) is 40.6 Å². The minimum Gasteiger partial charge on any atom is -0.492 e. The summed E-state index contributed by atoms with van der Waals surface area (Å²) >= 11 is 0. The fraction of sp³-hybridized carbons (Fsp3) is 0.643. The van der Waals surface area contributed by atoms with Crippen molar-refractivity contribution in [3.8, 4) is 5.75 Å². The minimum atomic E-state index is 0.643. The highest BCUT2D eigenvalue weighted by Gasteiger charge is 2.05. The van der Waals surface area contributed by atoms with E-state index in [1.807, 2.05) is 19.1 Å². The number of nitrogens with zero attached hydrogens (tertiary/aromatic N) is 1. The fourth-order valence-electron chi connectivity index (χ4n) is 1.62. The lowest BCUT2D eigenvalue weighted by Crippen LogP contribution is -2.20. The number of methoxy groups -OCH3 is 2. The van der Waals surface area contributed by atoms with Crippen molar-refractivity contribution < 1.29 is 14.2 Å². The highest BCUT2D eigenvalue weighted by molar-refractivity contribution is 5.29. The first-order valence-electron chi connectivity index (χ1n) is 6.56. The summed E-state index contributed by atoms with van der Waals surface area (Å²) in [5.41, 5.74) is 1.93. The van der Waals surface area contributed by atoms with Crippen LogP contribution in [-0.4, -0.2) is 45.6 Å². The molecule has 0 aliphatic rings. The molecule has 0 aliphatic heterocycles. The average molecular weight is 268 g/mol. The molecule has 0 atom stereocenters. The van der Waals surface area contributed by atoms with Gasteiger partial charge in [-0.1, -0.05) is 0 Å². The molecule has 1 N–H and O–H groups in total. The standard InChI is InChI=1S/C14H24N2O3/c1-12-5-6-14(19-9-4-8-17-2)13(16-12)11-15-7-10-18-3/h5-6,15H,4,7-11H2,1-3H3. The number of aromatic nitrogens is 1. The van der Waals surface area contributed by atoms with E-state index in [0.29, 0.717) is 26.4 Å². The first-order valence-corrected chi connectivity index (χ1v) is 6.56. The molecule has 0 fully saturated rings. The predicted octanol–water partition coefficient (Wildman–Crippen LogP) is 1.54. The van der Waals surface area contributed by atoms with E-state index in [-0.39, 0.29) is 0 Å². The van der Waals surface area contributed by atoms with Gasteiger partial charge in [0.15, 0.2) is 0 Å². The van der Waals surface area contributed by atoms with Crippen molar-refractivity contribution >= 4 is 0 Å². The van der Waals surface area contributed by atoms with Crippen molar-refractivity contribution in [3.63, 3.8) is 0 Å². The summed E-state index contributed by atoms with van der Waals surface area (Å²) in [5.74, 6) is 0.839. The second-order valence-corrected chi connectivity index (χ2v) is 4.26. The van der Waals surface area contributed by atoms with E-state index in [0.717, 1.165) is 30.1 Å². The molecule has 0 radical (unpaired) electrons. The topological polar surface area (TPSA) is 52.6 Å². The van der Waals surface area contributed by atoms with Gasteiger partial charge in [-0.2, -0.15) is 0 Å². The van der Waals surface area contributed by atoms with Gasteiger partial charge in [0.05, 0.1) is 18.9 Å². The third kappa shape index (κ3) is 6.52. The molecule has 5 nitrogen and oxygen atoms in total. The zero-order valence-electron chi connectivity index (χ0n) is 12.1. The molecule has 1 heterocycles. The molecule has 1 aromatic rings. The highest BCUT2D eigenvalue weighted by Crippen LogP contribution is 2.17. The summed E-state index contributed by atoms with van der Waals surface area (Å²) in [6.45, 7) is 5.51. The third-order valence-electron chi connectivity index (χ3n) is 2.60. The van der Waals surface area contributed by atoms with Gasteiger partial charge in [-0.25, -0.2) is 0 Å². The maximum atomic E-state index is 5.74. The Kier molecular flexibility index (Phi) is 8.13. The number of nitrogens with one attached hydrogen (secondary N) is 1. The van der Waals surface area contributed by atoms with Crippen LogP contribution < -0.4 is 10.1 Å². The monoisotopic (exact) mass is 268 g/mol. The lowest BCUT2D eigenvalue weighted by atomic mass is 10.3. The molecular formula is C14H24N2O3. The molecule has 0 amide bonds. The lowest BCUT2D eigenvalue weighted by molar-refractivity contribution is 0.171. The molecule has 19 heavy (non-hydrogen) atoms. The number of pyridine rings is 1. The van der Waals surface area contributed by atoms with Crippen molar-refractivity contribution in [2.24, 2.45) is 0 Å². The van der Waals surface area contributed by atoms with Crippen LogP contribution in [0.25, 0.3) is 0 Å². The normalized spacial score (nSPS) is 10.7. The first-order chi connectivity index (χ1) is 9.27. The van der Waals surface area contributed by atoms with Crippen LogP contribution in [-0.2, 0) is 16.0 Å². The van der Waals surface area contributed by atoms with Crippen LogP contribution in [0, 0.1) is 6.92 Å². The number of hydrogen-bond donors (Lipinski definition) is 1. The van der Waals surface area contributed by atoms with Gasteiger partial charge in [0, 0.05) is 46.0 Å². The second-order valence-electron chi connectivity index (χ2n) is 4.26. The largest absolute Gasteiger partial charge is 0.492 e. The number of hydrogen-bond acceptors (Lipinski definition) is 5. The van der Waals surface area contributed by atoms with Crippen LogP contribution in [0.15, 0.2) is 12.1 Å². The average Bonchev–Trinajstić information content (AvgIpc) is 2.41. The minimum absolute atomic E-state index is 0.643. The smallest absolute Gasteiger partial charge is 0.142 e. The molecule has 0 spiro atoms. The van der Waals surface area contributed by atoms with Gasteiger partial charge >= 0.3 is 0 Å². The van der Waals surface area contributed by atoms with E-state index in [1.165, 1.54) is 0 Å². The van der Waals surface area contributed by atoms with Gasteiger partial charge in [0.1, 0.15) is 5.75 Å². The zero-order valence-corrected chi connectivity index (χ0v) is 12.1. The van der Waals surface area contributed by atoms with Gasteiger partial charge in [-0.05, 0) is 19.1 Å². The van der Waals surface area contributed by atoms with E-state index < -0.39 is 0 Å². The number of rotatable bonds is 10. The Morgan fingerprint density at radius 2 is 1.89 bits per heavy atom. The molecule has 1 rings (SSSR count). The Bertz CT molecular complexity index is 359. The maximum Gasteiger partial charge on any atom is 0.142 e. The molecular weight excluding hydrogens is 244 g/mol. The van der Waals surface area contributed by atoms with Crippen LogP contribution in [0.2, 0.25) is 0 Å². The van der Waals surface area contributed by atoms with E-state index in [9.17, 15) is 0 Å². The third-order valence-corrected chi connectivity index (χ3v) is 2.60. The van der Waals surface area contributed by atoms with Crippen molar-refractivity contribution in [1.82, 2.24) is 10.3 Å². The summed E-state index contributed by atoms with van der Waals surface area (Å²) in [4.78, 5) is 4.51. The van der Waals surface area contributed by atoms with E-state index >= 15 is 0 Å². The van der Waals surface area contributed by atoms with Crippen LogP contribution in [0.1, 0.15) is 17.8 Å². The van der Waals surface area contributed by atoms with Crippen molar-refractivity contribution in [1.29, 1.82) is 0 Å². The SMILES string of the molecule is COCCCOc1ccc(C)nc1CNCCOC. The van der Waals surface area contributed by atoms with Crippen LogP contribution >= 0.6 is 0 Å². The van der Waals surface area contributed by atoms with Gasteiger partial charge in [0.25, 0.3) is 0 Å². The molecule has 5 heteroatoms. The highest BCUT2D eigenvalue weighted by atomic mass is 16.5. The Balaban J connectivity index is 2.48. The summed E-state index contributed by atoms with van der Waals surface area (Å²) in [5, 5.41) is 3.28. The van der Waals surface area contributed by atoms with Crippen molar-refractivity contribution in [2.45, 2.75) is 19.9 Å². The molecule has 0 saturated heterocycles. The first kappa shape index (κ1) is 15.9. The van der Waals surface area contributed by atoms with E-state index in [1.54, 1.807) is 14.2 Å². The Morgan fingerprint density at radius 1 is 1.11 bits per heavy atom. The molecule has 1 aromatic heterocycles. The fourth-order valence-corrected chi connectivity index (χ4v) is 1.62. The van der Waals surface area contributed by atoms with Crippen LogP contribution in [0.5, 0.6) is 5.75 Å². The Labute approximate surface area is 115 Å². The molecule has 108 valence electrons. The van der Waals surface area contributed by atoms with Gasteiger partial charge in [-0.15, -0.1) is 0 Å². The summed E-state index contributed by atoms with van der Waals surface area (Å²) in [6.07, 6.45) is 0.876. The van der Waals surface area contributed by atoms with Gasteiger partial charge < -0.3 is 19.5 Å². The Morgan fingerprint density at radius 3 is 2.63 bits per heavy atom.